The van der Waals surface area contributed by atoms with Crippen molar-refractivity contribution in [3.05, 3.63) is 22.8 Å². The van der Waals surface area contributed by atoms with Crippen LogP contribution >= 0.6 is 11.6 Å². The first-order valence-corrected chi connectivity index (χ1v) is 10.3. The Bertz CT molecular complexity index is 703. The first kappa shape index (κ1) is 17.5. The summed E-state index contributed by atoms with van der Waals surface area (Å²) in [4.78, 5) is 23.7. The fourth-order valence-corrected chi connectivity index (χ4v) is 7.22. The highest BCUT2D eigenvalue weighted by molar-refractivity contribution is 6.67. The lowest BCUT2D eigenvalue weighted by Crippen LogP contribution is -2.49. The maximum Gasteiger partial charge on any atom is 0.248 e. The lowest BCUT2D eigenvalue weighted by molar-refractivity contribution is -0.117. The highest BCUT2D eigenvalue weighted by Crippen LogP contribution is 2.66. The van der Waals surface area contributed by atoms with Crippen molar-refractivity contribution >= 4 is 22.6 Å². The molecule has 4 aliphatic rings. The smallest absolute Gasteiger partial charge is 0.248 e. The summed E-state index contributed by atoms with van der Waals surface area (Å²) in [6.45, 7) is 6.72. The van der Waals surface area contributed by atoms with Crippen LogP contribution in [0.25, 0.3) is 0 Å². The van der Waals surface area contributed by atoms with Gasteiger partial charge in [0.1, 0.15) is 0 Å². The van der Waals surface area contributed by atoms with Gasteiger partial charge < -0.3 is 0 Å². The van der Waals surface area contributed by atoms with Crippen molar-refractivity contribution in [1.82, 2.24) is 0 Å². The second-order valence-electron chi connectivity index (χ2n) is 9.34. The lowest BCUT2D eigenvalue weighted by atomic mass is 9.47. The molecule has 0 radical (unpaired) electrons. The van der Waals surface area contributed by atoms with E-state index in [9.17, 15) is 9.59 Å². The van der Waals surface area contributed by atoms with Crippen molar-refractivity contribution in [2.45, 2.75) is 72.1 Å². The molecule has 3 saturated carbocycles. The predicted molar refractivity (Wildman–Crippen MR) is 100 cm³/mol. The van der Waals surface area contributed by atoms with E-state index in [-0.39, 0.29) is 16.1 Å². The van der Waals surface area contributed by atoms with Crippen molar-refractivity contribution in [3.8, 4) is 0 Å². The van der Waals surface area contributed by atoms with Gasteiger partial charge in [-0.2, -0.15) is 0 Å². The third-order valence-corrected chi connectivity index (χ3v) is 8.78. The summed E-state index contributed by atoms with van der Waals surface area (Å²) in [5.74, 6) is 2.42. The van der Waals surface area contributed by atoms with Crippen molar-refractivity contribution < 1.29 is 9.59 Å². The van der Waals surface area contributed by atoms with Crippen LogP contribution < -0.4 is 0 Å². The van der Waals surface area contributed by atoms with Crippen LogP contribution in [0.2, 0.25) is 0 Å². The van der Waals surface area contributed by atoms with E-state index in [1.165, 1.54) is 30.4 Å². The van der Waals surface area contributed by atoms with Crippen molar-refractivity contribution in [1.29, 1.82) is 0 Å². The molecule has 5 atom stereocenters. The molecule has 0 N–H and O–H groups in total. The number of halogens is 1. The molecule has 0 saturated heterocycles. The molecule has 0 bridgehead atoms. The van der Waals surface area contributed by atoms with E-state index in [1.54, 1.807) is 0 Å². The molecule has 3 heteroatoms. The normalized spacial score (nSPS) is 45.2. The van der Waals surface area contributed by atoms with Gasteiger partial charge in [0.15, 0.2) is 5.78 Å². The molecule has 0 spiro atoms. The molecule has 0 amide bonds. The first-order chi connectivity index (χ1) is 11.8. The molecule has 0 aliphatic heterocycles. The largest absolute Gasteiger partial charge is 0.295 e. The van der Waals surface area contributed by atoms with Gasteiger partial charge in [0.05, 0.1) is 0 Å². The lowest BCUT2D eigenvalue weighted by Gasteiger charge is -2.57. The van der Waals surface area contributed by atoms with Crippen LogP contribution in [0, 0.1) is 28.6 Å². The standard InChI is InChI=1S/C22H29ClO2/c1-13(20(23)25)17-6-7-18-16-5-4-14-12-15(24)8-10-21(14,2)19(16)9-11-22(17,18)3/h12,16,18-19H,4-11H2,1-3H3/b17-13-/t16-,18-,19-,21-,22+/m0/s1. The Balaban J connectivity index is 1.69. The Hall–Kier alpha value is -0.890. The molecule has 0 aromatic heterocycles. The summed E-state index contributed by atoms with van der Waals surface area (Å²) in [5.41, 5.74) is 3.94. The fourth-order valence-electron chi connectivity index (χ4n) is 7.11. The van der Waals surface area contributed by atoms with Gasteiger partial charge in [0, 0.05) is 12.0 Å². The molecule has 0 aromatic rings. The van der Waals surface area contributed by atoms with Crippen LogP contribution in [0.5, 0.6) is 0 Å². The van der Waals surface area contributed by atoms with Crippen molar-refractivity contribution in [3.63, 3.8) is 0 Å². The number of hydrogen-bond acceptors (Lipinski definition) is 2. The van der Waals surface area contributed by atoms with Crippen molar-refractivity contribution in [2.75, 3.05) is 0 Å². The SMILES string of the molecule is C/C(C(=O)Cl)=C1\CC[C@H]2[C@@H]3CCC4=CC(=O)CC[C@]4(C)[C@H]3CC[C@]12C. The molecule has 4 rings (SSSR count). The van der Waals surface area contributed by atoms with E-state index in [4.69, 9.17) is 11.6 Å². The van der Waals surface area contributed by atoms with E-state index in [1.807, 2.05) is 13.0 Å². The monoisotopic (exact) mass is 360 g/mol. The number of hydrogen-bond donors (Lipinski definition) is 0. The summed E-state index contributed by atoms with van der Waals surface area (Å²) in [6.07, 6.45) is 10.6. The summed E-state index contributed by atoms with van der Waals surface area (Å²) >= 11 is 5.83. The summed E-state index contributed by atoms with van der Waals surface area (Å²) in [6, 6.07) is 0. The van der Waals surface area contributed by atoms with Crippen LogP contribution in [-0.4, -0.2) is 11.0 Å². The average molecular weight is 361 g/mol. The Morgan fingerprint density at radius 3 is 2.48 bits per heavy atom. The van der Waals surface area contributed by atoms with Gasteiger partial charge in [0.2, 0.25) is 5.24 Å². The molecule has 4 aliphatic carbocycles. The molecular formula is C22H29ClO2. The fraction of sp³-hybridized carbons (Fsp3) is 0.727. The Kier molecular flexibility index (Phi) is 4.07. The topological polar surface area (TPSA) is 34.1 Å². The van der Waals surface area contributed by atoms with Crippen LogP contribution in [0.1, 0.15) is 72.1 Å². The van der Waals surface area contributed by atoms with Crippen LogP contribution in [0.15, 0.2) is 22.8 Å². The van der Waals surface area contributed by atoms with Gasteiger partial charge in [-0.05, 0) is 98.1 Å². The maximum absolute atomic E-state index is 11.9. The molecule has 25 heavy (non-hydrogen) atoms. The number of carbonyl (C=O) groups excluding carboxylic acids is 2. The van der Waals surface area contributed by atoms with E-state index in [2.05, 4.69) is 13.8 Å². The molecule has 3 fully saturated rings. The van der Waals surface area contributed by atoms with Gasteiger partial charge >= 0.3 is 0 Å². The van der Waals surface area contributed by atoms with Crippen LogP contribution in [-0.2, 0) is 9.59 Å². The minimum absolute atomic E-state index is 0.151. The van der Waals surface area contributed by atoms with Crippen LogP contribution in [0.4, 0.5) is 0 Å². The number of rotatable bonds is 1. The maximum atomic E-state index is 11.9. The van der Waals surface area contributed by atoms with E-state index in [0.717, 1.165) is 43.6 Å². The number of ketones is 1. The number of carbonyl (C=O) groups is 2. The highest BCUT2D eigenvalue weighted by atomic mass is 35.5. The highest BCUT2D eigenvalue weighted by Gasteiger charge is 2.57. The second kappa shape index (κ2) is 5.81. The predicted octanol–water partition coefficient (Wildman–Crippen LogP) is 5.60. The average Bonchev–Trinajstić information content (AvgIpc) is 2.92. The molecule has 0 aromatic carbocycles. The third-order valence-electron chi connectivity index (χ3n) is 8.49. The van der Waals surface area contributed by atoms with Crippen LogP contribution in [0.3, 0.4) is 0 Å². The van der Waals surface area contributed by atoms with Gasteiger partial charge in [0.25, 0.3) is 0 Å². The number of allylic oxidation sites excluding steroid dienone is 3. The molecule has 0 unspecified atom stereocenters. The van der Waals surface area contributed by atoms with Gasteiger partial charge in [-0.3, -0.25) is 9.59 Å². The van der Waals surface area contributed by atoms with E-state index < -0.39 is 0 Å². The third kappa shape index (κ3) is 2.43. The van der Waals surface area contributed by atoms with Gasteiger partial charge in [-0.1, -0.05) is 25.0 Å². The van der Waals surface area contributed by atoms with Gasteiger partial charge in [-0.25, -0.2) is 0 Å². The minimum Gasteiger partial charge on any atom is -0.295 e. The Morgan fingerprint density at radius 2 is 1.76 bits per heavy atom. The minimum atomic E-state index is -0.273. The van der Waals surface area contributed by atoms with E-state index in [0.29, 0.717) is 17.6 Å². The zero-order valence-corrected chi connectivity index (χ0v) is 16.4. The molecule has 0 heterocycles. The van der Waals surface area contributed by atoms with E-state index >= 15 is 0 Å². The summed E-state index contributed by atoms with van der Waals surface area (Å²) in [5, 5.41) is -0.273. The molecular weight excluding hydrogens is 332 g/mol. The van der Waals surface area contributed by atoms with Gasteiger partial charge in [-0.15, -0.1) is 0 Å². The first-order valence-electron chi connectivity index (χ1n) is 9.91. The van der Waals surface area contributed by atoms with Crippen molar-refractivity contribution in [2.24, 2.45) is 28.6 Å². The zero-order chi connectivity index (χ0) is 18.0. The Labute approximate surface area is 156 Å². The molecule has 2 nitrogen and oxygen atoms in total. The summed E-state index contributed by atoms with van der Waals surface area (Å²) in [7, 11) is 0. The quantitative estimate of drug-likeness (QED) is 0.450. The Morgan fingerprint density at radius 1 is 1.04 bits per heavy atom. The zero-order valence-electron chi connectivity index (χ0n) is 15.7. The number of fused-ring (bicyclic) bond motifs is 5. The molecule has 136 valence electrons. The second-order valence-corrected chi connectivity index (χ2v) is 9.68. The summed E-state index contributed by atoms with van der Waals surface area (Å²) < 4.78 is 0.